The van der Waals surface area contributed by atoms with Gasteiger partial charge in [-0.3, -0.25) is 9.89 Å². The second-order valence-corrected chi connectivity index (χ2v) is 7.19. The minimum absolute atomic E-state index is 0.0287. The Morgan fingerprint density at radius 2 is 1.73 bits per heavy atom. The number of hydrogen-bond acceptors (Lipinski definition) is 4. The highest BCUT2D eigenvalue weighted by molar-refractivity contribution is 7.99. The average molecular weight is 366 g/mol. The van der Waals surface area contributed by atoms with Gasteiger partial charge in [0.15, 0.2) is 0 Å². The third kappa shape index (κ3) is 4.73. The number of carbonyl (C=O) groups excluding carboxylic acids is 1. The van der Waals surface area contributed by atoms with Crippen LogP contribution in [0.3, 0.4) is 0 Å². The quantitative estimate of drug-likeness (QED) is 0.635. The van der Waals surface area contributed by atoms with Crippen molar-refractivity contribution in [3.63, 3.8) is 0 Å². The average Bonchev–Trinajstić information content (AvgIpc) is 3.15. The lowest BCUT2D eigenvalue weighted by atomic mass is 10.2. The van der Waals surface area contributed by atoms with Crippen molar-refractivity contribution in [2.75, 3.05) is 10.7 Å². The molecule has 0 fully saturated rings. The molecule has 26 heavy (non-hydrogen) atoms. The lowest BCUT2D eigenvalue weighted by Crippen LogP contribution is -2.31. The first-order valence-electron chi connectivity index (χ1n) is 8.58. The minimum Gasteiger partial charge on any atom is -0.307 e. The molecule has 6 heteroatoms. The monoisotopic (exact) mass is 366 g/mol. The Morgan fingerprint density at radius 3 is 2.35 bits per heavy atom. The molecule has 0 aliphatic carbocycles. The first kappa shape index (κ1) is 18.2. The van der Waals surface area contributed by atoms with Crippen molar-refractivity contribution in [2.45, 2.75) is 31.5 Å². The van der Waals surface area contributed by atoms with E-state index in [1.165, 1.54) is 11.8 Å². The van der Waals surface area contributed by atoms with Gasteiger partial charge in [0.2, 0.25) is 11.1 Å². The summed E-state index contributed by atoms with van der Waals surface area (Å²) in [7, 11) is 0. The van der Waals surface area contributed by atoms with Crippen LogP contribution in [0.15, 0.2) is 65.8 Å². The molecular weight excluding hydrogens is 344 g/mol. The maximum absolute atomic E-state index is 12.9. The number of thioether (sulfide) groups is 1. The number of nitrogens with one attached hydrogen (secondary N) is 1. The smallest absolute Gasteiger partial charge is 0.237 e. The van der Waals surface area contributed by atoms with E-state index in [4.69, 9.17) is 0 Å². The van der Waals surface area contributed by atoms with Gasteiger partial charge < -0.3 is 4.90 Å². The van der Waals surface area contributed by atoms with E-state index in [1.54, 1.807) is 4.90 Å². The van der Waals surface area contributed by atoms with Gasteiger partial charge in [-0.2, -0.15) is 0 Å². The summed E-state index contributed by atoms with van der Waals surface area (Å²) in [6.07, 6.45) is 0. The van der Waals surface area contributed by atoms with Crippen molar-refractivity contribution in [1.29, 1.82) is 0 Å². The second kappa shape index (κ2) is 8.67. The van der Waals surface area contributed by atoms with Crippen LogP contribution in [0.2, 0.25) is 0 Å². The molecule has 1 N–H and O–H groups in total. The molecule has 1 aromatic heterocycles. The summed E-state index contributed by atoms with van der Waals surface area (Å²) in [5, 5.41) is 7.71. The number of amides is 1. The third-order valence-electron chi connectivity index (χ3n) is 3.91. The van der Waals surface area contributed by atoms with Gasteiger partial charge in [0.1, 0.15) is 5.82 Å². The van der Waals surface area contributed by atoms with E-state index in [0.717, 1.165) is 17.1 Å². The van der Waals surface area contributed by atoms with Gasteiger partial charge in [-0.15, -0.1) is 5.10 Å². The van der Waals surface area contributed by atoms with Crippen molar-refractivity contribution >= 4 is 23.4 Å². The number of aromatic amines is 1. The van der Waals surface area contributed by atoms with Crippen molar-refractivity contribution in [3.05, 3.63) is 72.1 Å². The van der Waals surface area contributed by atoms with Crippen LogP contribution in [0.5, 0.6) is 0 Å². The van der Waals surface area contributed by atoms with Gasteiger partial charge in [-0.25, -0.2) is 4.98 Å². The van der Waals surface area contributed by atoms with Crippen LogP contribution < -0.4 is 4.90 Å². The Balaban J connectivity index is 1.72. The number of aromatic nitrogens is 3. The first-order valence-corrected chi connectivity index (χ1v) is 9.56. The van der Waals surface area contributed by atoms with Crippen LogP contribution in [-0.4, -0.2) is 26.8 Å². The summed E-state index contributed by atoms with van der Waals surface area (Å²) in [4.78, 5) is 19.1. The van der Waals surface area contributed by atoms with Crippen molar-refractivity contribution in [2.24, 2.45) is 0 Å². The Bertz CT molecular complexity index is 833. The molecule has 5 nitrogen and oxygen atoms in total. The van der Waals surface area contributed by atoms with Crippen molar-refractivity contribution in [3.8, 4) is 0 Å². The van der Waals surface area contributed by atoms with Crippen LogP contribution in [0.4, 0.5) is 5.69 Å². The Labute approximate surface area is 157 Å². The first-order chi connectivity index (χ1) is 12.6. The zero-order valence-corrected chi connectivity index (χ0v) is 15.7. The Hall–Kier alpha value is -2.60. The maximum atomic E-state index is 12.9. The molecule has 0 aliphatic rings. The molecule has 0 unspecified atom stereocenters. The largest absolute Gasteiger partial charge is 0.307 e. The maximum Gasteiger partial charge on any atom is 0.237 e. The molecule has 0 saturated heterocycles. The number of para-hydroxylation sites is 1. The molecule has 1 amide bonds. The Kier molecular flexibility index (Phi) is 6.07. The molecule has 0 aliphatic heterocycles. The SMILES string of the molecule is CC(C)c1nc(SCC(=O)N(Cc2ccccc2)c2ccccc2)n[nH]1. The van der Waals surface area contributed by atoms with Gasteiger partial charge in [0.25, 0.3) is 0 Å². The number of benzene rings is 2. The minimum atomic E-state index is 0.0287. The van der Waals surface area contributed by atoms with E-state index in [1.807, 2.05) is 60.7 Å². The molecule has 0 bridgehead atoms. The summed E-state index contributed by atoms with van der Waals surface area (Å²) >= 11 is 1.36. The number of anilines is 1. The highest BCUT2D eigenvalue weighted by atomic mass is 32.2. The highest BCUT2D eigenvalue weighted by Gasteiger charge is 2.18. The van der Waals surface area contributed by atoms with Crippen LogP contribution >= 0.6 is 11.8 Å². The predicted molar refractivity (Wildman–Crippen MR) is 105 cm³/mol. The number of carbonyl (C=O) groups is 1. The van der Waals surface area contributed by atoms with Crippen molar-refractivity contribution < 1.29 is 4.79 Å². The van der Waals surface area contributed by atoms with E-state index in [0.29, 0.717) is 11.7 Å². The highest BCUT2D eigenvalue weighted by Crippen LogP contribution is 2.21. The van der Waals surface area contributed by atoms with E-state index in [9.17, 15) is 4.79 Å². The molecule has 3 rings (SSSR count). The zero-order chi connectivity index (χ0) is 18.4. The second-order valence-electron chi connectivity index (χ2n) is 6.25. The summed E-state index contributed by atoms with van der Waals surface area (Å²) in [5.41, 5.74) is 1.98. The predicted octanol–water partition coefficient (Wildman–Crippen LogP) is 4.25. The van der Waals surface area contributed by atoms with Crippen molar-refractivity contribution in [1.82, 2.24) is 15.2 Å². The molecule has 134 valence electrons. The van der Waals surface area contributed by atoms with Gasteiger partial charge in [0, 0.05) is 11.6 Å². The van der Waals surface area contributed by atoms with E-state index in [-0.39, 0.29) is 17.6 Å². The molecule has 0 radical (unpaired) electrons. The van der Waals surface area contributed by atoms with Gasteiger partial charge >= 0.3 is 0 Å². The summed E-state index contributed by atoms with van der Waals surface area (Å²) < 4.78 is 0. The summed E-state index contributed by atoms with van der Waals surface area (Å²) in [6, 6.07) is 19.7. The van der Waals surface area contributed by atoms with E-state index >= 15 is 0 Å². The molecule has 1 heterocycles. The lowest BCUT2D eigenvalue weighted by molar-refractivity contribution is -0.116. The van der Waals surface area contributed by atoms with Gasteiger partial charge in [0.05, 0.1) is 12.3 Å². The van der Waals surface area contributed by atoms with E-state index < -0.39 is 0 Å². The standard InChI is InChI=1S/C20H22N4OS/c1-15(2)19-21-20(23-22-19)26-14-18(25)24(17-11-7-4-8-12-17)13-16-9-5-3-6-10-16/h3-12,15H,13-14H2,1-2H3,(H,21,22,23). The molecule has 0 atom stereocenters. The van der Waals surface area contributed by atoms with Crippen LogP contribution in [-0.2, 0) is 11.3 Å². The number of nitrogens with zero attached hydrogens (tertiary/aromatic N) is 3. The lowest BCUT2D eigenvalue weighted by Gasteiger charge is -2.22. The number of hydrogen-bond donors (Lipinski definition) is 1. The van der Waals surface area contributed by atoms with Crippen LogP contribution in [0, 0.1) is 0 Å². The third-order valence-corrected chi connectivity index (χ3v) is 4.74. The summed E-state index contributed by atoms with van der Waals surface area (Å²) in [6.45, 7) is 4.64. The van der Waals surface area contributed by atoms with Crippen LogP contribution in [0.25, 0.3) is 0 Å². The topological polar surface area (TPSA) is 61.9 Å². The molecule has 0 spiro atoms. The molecular formula is C20H22N4OS. The van der Waals surface area contributed by atoms with Gasteiger partial charge in [-0.05, 0) is 17.7 Å². The summed E-state index contributed by atoms with van der Waals surface area (Å²) in [5.74, 6) is 1.44. The van der Waals surface area contributed by atoms with E-state index in [2.05, 4.69) is 29.0 Å². The Morgan fingerprint density at radius 1 is 1.08 bits per heavy atom. The normalized spacial score (nSPS) is 10.9. The number of H-pyrrole nitrogens is 1. The molecule has 3 aromatic rings. The van der Waals surface area contributed by atoms with Crippen LogP contribution in [0.1, 0.15) is 31.2 Å². The molecule has 0 saturated carbocycles. The van der Waals surface area contributed by atoms with Gasteiger partial charge in [-0.1, -0.05) is 74.1 Å². The fourth-order valence-electron chi connectivity index (χ4n) is 2.48. The fourth-order valence-corrected chi connectivity index (χ4v) is 3.16. The number of rotatable bonds is 7. The zero-order valence-electron chi connectivity index (χ0n) is 14.9. The fraction of sp³-hybridized carbons (Fsp3) is 0.250. The molecule has 2 aromatic carbocycles.